The van der Waals surface area contributed by atoms with E-state index in [-0.39, 0.29) is 0 Å². The van der Waals surface area contributed by atoms with Crippen molar-refractivity contribution in [3.05, 3.63) is 23.2 Å². The second-order valence-corrected chi connectivity index (χ2v) is 4.36. The highest BCUT2D eigenvalue weighted by atomic mass is 16.1. The fraction of sp³-hybridized carbons (Fsp3) is 0.583. The van der Waals surface area contributed by atoms with Crippen molar-refractivity contribution < 1.29 is 4.79 Å². The van der Waals surface area contributed by atoms with Crippen LogP contribution in [0.3, 0.4) is 0 Å². The monoisotopic (exact) mass is 240 g/mol. The SMILES string of the molecule is CN/C=C(N)\C(C=O)=C(/N)CNC(C)C(C)C. The van der Waals surface area contributed by atoms with Gasteiger partial charge in [0.2, 0.25) is 0 Å². The van der Waals surface area contributed by atoms with E-state index in [0.717, 1.165) is 0 Å². The standard InChI is InChI=1S/C12H24N4O/c1-8(2)9(3)16-6-12(14)10(7-17)11(13)5-15-4/h5,7-9,15-16H,6,13-14H2,1-4H3/b11-5+,12-10-. The normalized spacial score (nSPS) is 15.5. The Balaban J connectivity index is 4.66. The average molecular weight is 240 g/mol. The molecule has 0 saturated carbocycles. The van der Waals surface area contributed by atoms with Crippen LogP contribution in [0.4, 0.5) is 0 Å². The van der Waals surface area contributed by atoms with Gasteiger partial charge in [-0.25, -0.2) is 0 Å². The van der Waals surface area contributed by atoms with Crippen LogP contribution in [0.15, 0.2) is 23.2 Å². The van der Waals surface area contributed by atoms with Gasteiger partial charge in [0.25, 0.3) is 0 Å². The number of nitrogens with one attached hydrogen (secondary N) is 2. The molecule has 17 heavy (non-hydrogen) atoms. The molecule has 0 amide bonds. The number of aldehydes is 1. The molecule has 1 unspecified atom stereocenters. The van der Waals surface area contributed by atoms with Crippen LogP contribution in [-0.2, 0) is 4.79 Å². The fourth-order valence-corrected chi connectivity index (χ4v) is 1.16. The molecule has 0 aromatic rings. The van der Waals surface area contributed by atoms with Crippen molar-refractivity contribution in [1.29, 1.82) is 0 Å². The number of nitrogens with two attached hydrogens (primary N) is 2. The third kappa shape index (κ3) is 5.40. The summed E-state index contributed by atoms with van der Waals surface area (Å²) >= 11 is 0. The van der Waals surface area contributed by atoms with Crippen LogP contribution in [0, 0.1) is 5.92 Å². The molecule has 0 heterocycles. The van der Waals surface area contributed by atoms with Gasteiger partial charge in [-0.1, -0.05) is 13.8 Å². The van der Waals surface area contributed by atoms with Gasteiger partial charge < -0.3 is 22.1 Å². The molecule has 1 atom stereocenters. The van der Waals surface area contributed by atoms with Crippen molar-refractivity contribution in [2.24, 2.45) is 17.4 Å². The number of hydrogen-bond acceptors (Lipinski definition) is 5. The second-order valence-electron chi connectivity index (χ2n) is 4.36. The van der Waals surface area contributed by atoms with E-state index in [1.807, 2.05) is 0 Å². The van der Waals surface area contributed by atoms with Gasteiger partial charge in [-0.15, -0.1) is 0 Å². The Bertz CT molecular complexity index is 308. The van der Waals surface area contributed by atoms with E-state index < -0.39 is 0 Å². The van der Waals surface area contributed by atoms with Crippen molar-refractivity contribution in [3.63, 3.8) is 0 Å². The Kier molecular flexibility index (Phi) is 7.05. The van der Waals surface area contributed by atoms with Crippen molar-refractivity contribution in [2.75, 3.05) is 13.6 Å². The Morgan fingerprint density at radius 3 is 2.29 bits per heavy atom. The fourth-order valence-electron chi connectivity index (χ4n) is 1.16. The lowest BCUT2D eigenvalue weighted by Crippen LogP contribution is -2.34. The van der Waals surface area contributed by atoms with Gasteiger partial charge in [0.1, 0.15) is 0 Å². The summed E-state index contributed by atoms with van der Waals surface area (Å²) in [6.07, 6.45) is 2.22. The summed E-state index contributed by atoms with van der Waals surface area (Å²) in [6, 6.07) is 0.330. The first-order valence-electron chi connectivity index (χ1n) is 5.74. The predicted molar refractivity (Wildman–Crippen MR) is 70.9 cm³/mol. The molecule has 98 valence electrons. The molecule has 5 nitrogen and oxygen atoms in total. The van der Waals surface area contributed by atoms with E-state index in [1.54, 1.807) is 13.2 Å². The second kappa shape index (κ2) is 7.73. The quantitative estimate of drug-likeness (QED) is 0.287. The molecular formula is C12H24N4O. The van der Waals surface area contributed by atoms with Crippen LogP contribution in [0.2, 0.25) is 0 Å². The van der Waals surface area contributed by atoms with E-state index in [2.05, 4.69) is 31.4 Å². The van der Waals surface area contributed by atoms with E-state index in [1.165, 1.54) is 0 Å². The maximum absolute atomic E-state index is 10.9. The number of carbonyl (C=O) groups excluding carboxylic acids is 1. The first-order chi connectivity index (χ1) is 7.93. The van der Waals surface area contributed by atoms with Crippen molar-refractivity contribution in [2.45, 2.75) is 26.8 Å². The van der Waals surface area contributed by atoms with Gasteiger partial charge in [0, 0.05) is 31.5 Å². The third-order valence-corrected chi connectivity index (χ3v) is 2.69. The highest BCUT2D eigenvalue weighted by Gasteiger charge is 2.09. The molecule has 0 aliphatic carbocycles. The minimum Gasteiger partial charge on any atom is -0.400 e. The molecule has 0 fully saturated rings. The molecule has 0 spiro atoms. The third-order valence-electron chi connectivity index (χ3n) is 2.69. The van der Waals surface area contributed by atoms with Crippen molar-refractivity contribution >= 4 is 6.29 Å². The smallest absolute Gasteiger partial charge is 0.153 e. The van der Waals surface area contributed by atoms with Crippen LogP contribution in [0.5, 0.6) is 0 Å². The lowest BCUT2D eigenvalue weighted by Gasteiger charge is -2.18. The van der Waals surface area contributed by atoms with Crippen LogP contribution in [0.25, 0.3) is 0 Å². The van der Waals surface area contributed by atoms with Crippen molar-refractivity contribution in [3.8, 4) is 0 Å². The van der Waals surface area contributed by atoms with Crippen LogP contribution < -0.4 is 22.1 Å². The molecule has 0 saturated heterocycles. The van der Waals surface area contributed by atoms with Gasteiger partial charge >= 0.3 is 0 Å². The lowest BCUT2D eigenvalue weighted by molar-refractivity contribution is -0.104. The first kappa shape index (κ1) is 15.5. The van der Waals surface area contributed by atoms with E-state index in [4.69, 9.17) is 11.5 Å². The Morgan fingerprint density at radius 2 is 1.88 bits per heavy atom. The van der Waals surface area contributed by atoms with Gasteiger partial charge in [0.15, 0.2) is 6.29 Å². The Labute approximate surface area is 103 Å². The minimum absolute atomic E-state index is 0.330. The maximum Gasteiger partial charge on any atom is 0.153 e. The zero-order valence-corrected chi connectivity index (χ0v) is 11.1. The first-order valence-corrected chi connectivity index (χ1v) is 5.74. The topological polar surface area (TPSA) is 93.2 Å². The summed E-state index contributed by atoms with van der Waals surface area (Å²) in [5.74, 6) is 0.507. The predicted octanol–water partition coefficient (Wildman–Crippen LogP) is 0.0517. The molecule has 0 radical (unpaired) electrons. The largest absolute Gasteiger partial charge is 0.400 e. The Hall–Kier alpha value is -1.49. The molecular weight excluding hydrogens is 216 g/mol. The Morgan fingerprint density at radius 1 is 1.29 bits per heavy atom. The number of hydrogen-bond donors (Lipinski definition) is 4. The van der Waals surface area contributed by atoms with E-state index >= 15 is 0 Å². The van der Waals surface area contributed by atoms with Crippen LogP contribution in [-0.4, -0.2) is 25.9 Å². The molecule has 0 rings (SSSR count). The highest BCUT2D eigenvalue weighted by Crippen LogP contribution is 2.05. The zero-order valence-electron chi connectivity index (χ0n) is 11.1. The number of carbonyl (C=O) groups is 1. The summed E-state index contributed by atoms with van der Waals surface area (Å²) in [5, 5.41) is 6.01. The number of allylic oxidation sites excluding steroid dienone is 1. The molecule has 0 aromatic heterocycles. The van der Waals surface area contributed by atoms with Gasteiger partial charge in [-0.3, -0.25) is 4.79 Å². The van der Waals surface area contributed by atoms with Crippen molar-refractivity contribution in [1.82, 2.24) is 10.6 Å². The highest BCUT2D eigenvalue weighted by molar-refractivity contribution is 5.80. The summed E-state index contributed by atoms with van der Waals surface area (Å²) in [6.45, 7) is 6.76. The average Bonchev–Trinajstić information content (AvgIpc) is 2.26. The van der Waals surface area contributed by atoms with E-state index in [0.29, 0.717) is 41.8 Å². The zero-order chi connectivity index (χ0) is 13.4. The summed E-state index contributed by atoms with van der Waals surface area (Å²) in [7, 11) is 1.71. The molecule has 0 aromatic carbocycles. The van der Waals surface area contributed by atoms with Crippen LogP contribution >= 0.6 is 0 Å². The summed E-state index contributed by atoms with van der Waals surface area (Å²) < 4.78 is 0. The minimum atomic E-state index is 0.330. The molecule has 0 aliphatic heterocycles. The lowest BCUT2D eigenvalue weighted by atomic mass is 10.1. The molecule has 0 bridgehead atoms. The van der Waals surface area contributed by atoms with Gasteiger partial charge in [0.05, 0.1) is 11.3 Å². The van der Waals surface area contributed by atoms with Gasteiger partial charge in [-0.2, -0.15) is 0 Å². The van der Waals surface area contributed by atoms with Gasteiger partial charge in [-0.05, 0) is 12.8 Å². The maximum atomic E-state index is 10.9. The van der Waals surface area contributed by atoms with E-state index in [9.17, 15) is 4.79 Å². The molecule has 0 aliphatic rings. The number of rotatable bonds is 7. The molecule has 5 heteroatoms. The molecule has 6 N–H and O–H groups in total. The summed E-state index contributed by atoms with van der Waals surface area (Å²) in [4.78, 5) is 10.9. The summed E-state index contributed by atoms with van der Waals surface area (Å²) in [5.41, 5.74) is 12.7. The van der Waals surface area contributed by atoms with Crippen LogP contribution in [0.1, 0.15) is 20.8 Å².